The van der Waals surface area contributed by atoms with E-state index in [2.05, 4.69) is 10.3 Å². The maximum absolute atomic E-state index is 13.0. The number of pyridine rings is 1. The molecule has 0 bridgehead atoms. The number of benzene rings is 1. The zero-order valence-electron chi connectivity index (χ0n) is 16.6. The molecule has 4 rings (SSSR count). The molecular weight excluding hydrogens is 406 g/mol. The summed E-state index contributed by atoms with van der Waals surface area (Å²) >= 11 is 5.44. The van der Waals surface area contributed by atoms with Gasteiger partial charge < -0.3 is 5.32 Å². The number of aryl methyl sites for hydroxylation is 1. The van der Waals surface area contributed by atoms with E-state index >= 15 is 0 Å². The molecule has 0 aliphatic heterocycles. The number of halogens is 2. The minimum atomic E-state index is -2.60. The Morgan fingerprint density at radius 3 is 2.63 bits per heavy atom. The molecule has 0 unspecified atom stereocenters. The van der Waals surface area contributed by atoms with Crippen molar-refractivity contribution in [3.63, 3.8) is 0 Å². The first-order valence-electron chi connectivity index (χ1n) is 10.0. The predicted molar refractivity (Wildman–Crippen MR) is 113 cm³/mol. The van der Waals surface area contributed by atoms with Gasteiger partial charge in [-0.2, -0.15) is 0 Å². The molecule has 1 N–H and O–H groups in total. The lowest BCUT2D eigenvalue weighted by molar-refractivity contribution is -0.448. The van der Waals surface area contributed by atoms with E-state index in [0.29, 0.717) is 11.2 Å². The van der Waals surface area contributed by atoms with Crippen LogP contribution >= 0.6 is 0 Å². The lowest BCUT2D eigenvalue weighted by Crippen LogP contribution is -2.37. The van der Waals surface area contributed by atoms with Gasteiger partial charge in [0, 0.05) is 25.1 Å². The van der Waals surface area contributed by atoms with Crippen molar-refractivity contribution in [1.82, 2.24) is 9.38 Å². The van der Waals surface area contributed by atoms with Gasteiger partial charge in [-0.15, -0.1) is 0 Å². The SMILES string of the molecule is Cc1cccc(C(=O)[N+](=S)[C@H]2CC[C@@H](Nc3cccc4nc(C(F)F)cn34)CC2)c1. The van der Waals surface area contributed by atoms with E-state index in [-0.39, 0.29) is 23.7 Å². The van der Waals surface area contributed by atoms with Crippen LogP contribution in [0.5, 0.6) is 0 Å². The average molecular weight is 430 g/mol. The first kappa shape index (κ1) is 20.5. The molecule has 30 heavy (non-hydrogen) atoms. The zero-order chi connectivity index (χ0) is 21.3. The van der Waals surface area contributed by atoms with Crippen molar-refractivity contribution in [3.05, 3.63) is 65.5 Å². The maximum Gasteiger partial charge on any atom is 0.433 e. The van der Waals surface area contributed by atoms with Crippen LogP contribution in [0.1, 0.15) is 53.7 Å². The third kappa shape index (κ3) is 4.23. The van der Waals surface area contributed by atoms with E-state index in [0.717, 1.165) is 37.1 Å². The average Bonchev–Trinajstić information content (AvgIpc) is 3.19. The van der Waals surface area contributed by atoms with Gasteiger partial charge in [-0.1, -0.05) is 27.7 Å². The van der Waals surface area contributed by atoms with Crippen LogP contribution in [-0.4, -0.2) is 31.3 Å². The highest BCUT2D eigenvalue weighted by Gasteiger charge is 2.34. The van der Waals surface area contributed by atoms with Crippen LogP contribution in [0, 0.1) is 6.92 Å². The molecule has 1 aliphatic carbocycles. The molecular formula is C22H23F2N4OS+. The maximum atomic E-state index is 13.0. The zero-order valence-corrected chi connectivity index (χ0v) is 17.4. The predicted octanol–water partition coefficient (Wildman–Crippen LogP) is 4.89. The second-order valence-corrected chi connectivity index (χ2v) is 8.15. The van der Waals surface area contributed by atoms with E-state index in [1.54, 1.807) is 22.6 Å². The van der Waals surface area contributed by atoms with Crippen molar-refractivity contribution in [2.45, 2.75) is 51.1 Å². The lowest BCUT2D eigenvalue weighted by Gasteiger charge is -2.26. The topological polar surface area (TPSA) is 49.4 Å². The third-order valence-electron chi connectivity index (χ3n) is 5.58. The number of carbonyl (C=O) groups excluding carboxylic acids is 1. The molecule has 3 aromatic rings. The van der Waals surface area contributed by atoms with Crippen LogP contribution in [0.2, 0.25) is 0 Å². The minimum Gasteiger partial charge on any atom is -0.368 e. The van der Waals surface area contributed by atoms with Crippen LogP contribution in [-0.2, 0) is 12.4 Å². The van der Waals surface area contributed by atoms with Crippen LogP contribution in [0.25, 0.3) is 5.65 Å². The summed E-state index contributed by atoms with van der Waals surface area (Å²) in [6, 6.07) is 13.0. The van der Waals surface area contributed by atoms with Gasteiger partial charge >= 0.3 is 5.91 Å². The van der Waals surface area contributed by atoms with Crippen LogP contribution < -0.4 is 5.32 Å². The monoisotopic (exact) mass is 429 g/mol. The molecule has 1 aliphatic rings. The summed E-state index contributed by atoms with van der Waals surface area (Å²) in [7, 11) is 0. The molecule has 0 atom stereocenters. The van der Waals surface area contributed by atoms with E-state index in [9.17, 15) is 13.6 Å². The molecule has 1 amide bonds. The van der Waals surface area contributed by atoms with E-state index < -0.39 is 6.43 Å². The molecule has 2 aromatic heterocycles. The number of imidazole rings is 1. The summed E-state index contributed by atoms with van der Waals surface area (Å²) in [6.07, 6.45) is 2.04. The number of hydrogen-bond donors (Lipinski definition) is 1. The molecule has 1 saturated carbocycles. The van der Waals surface area contributed by atoms with E-state index in [1.807, 2.05) is 31.2 Å². The second-order valence-electron chi connectivity index (χ2n) is 7.76. The molecule has 156 valence electrons. The highest BCUT2D eigenvalue weighted by atomic mass is 32.1. The molecule has 1 aromatic carbocycles. The summed E-state index contributed by atoms with van der Waals surface area (Å²) in [6.45, 7) is 1.95. The number of alkyl halides is 2. The van der Waals surface area contributed by atoms with Crippen LogP contribution in [0.4, 0.5) is 14.6 Å². The number of anilines is 1. The first-order valence-corrected chi connectivity index (χ1v) is 10.4. The van der Waals surface area contributed by atoms with Gasteiger partial charge in [0.15, 0.2) is 6.04 Å². The number of rotatable bonds is 5. The molecule has 2 heterocycles. The van der Waals surface area contributed by atoms with Gasteiger partial charge in [0.2, 0.25) is 0 Å². The highest BCUT2D eigenvalue weighted by Crippen LogP contribution is 2.26. The number of nitrogens with zero attached hydrogens (tertiary/aromatic N) is 3. The number of nitrogens with one attached hydrogen (secondary N) is 1. The number of fused-ring (bicyclic) bond motifs is 1. The van der Waals surface area contributed by atoms with Crippen LogP contribution in [0.3, 0.4) is 0 Å². The Balaban J connectivity index is 1.40. The smallest absolute Gasteiger partial charge is 0.368 e. The van der Waals surface area contributed by atoms with Crippen LogP contribution in [0.15, 0.2) is 48.7 Å². The number of hydrogen-bond acceptors (Lipinski definition) is 4. The number of carbonyl (C=O) groups is 1. The summed E-state index contributed by atoms with van der Waals surface area (Å²) in [4.78, 5) is 16.7. The highest BCUT2D eigenvalue weighted by molar-refractivity contribution is 7.44. The van der Waals surface area contributed by atoms with Crippen molar-refractivity contribution < 1.29 is 17.5 Å². The largest absolute Gasteiger partial charge is 0.433 e. The molecule has 0 radical (unpaired) electrons. The first-order chi connectivity index (χ1) is 14.4. The molecule has 0 saturated heterocycles. The Kier molecular flexibility index (Phi) is 5.85. The molecule has 8 heteroatoms. The van der Waals surface area contributed by atoms with E-state index in [1.165, 1.54) is 10.1 Å². The summed E-state index contributed by atoms with van der Waals surface area (Å²) in [5.41, 5.74) is 1.90. The fourth-order valence-electron chi connectivity index (χ4n) is 3.99. The normalized spacial score (nSPS) is 19.2. The van der Waals surface area contributed by atoms with Gasteiger partial charge in [0.1, 0.15) is 17.2 Å². The van der Waals surface area contributed by atoms with Gasteiger partial charge in [-0.25, -0.2) is 18.6 Å². The Morgan fingerprint density at radius 1 is 1.20 bits per heavy atom. The Hall–Kier alpha value is -2.74. The standard InChI is InChI=1S/C22H23F2N4OS/c1-14-4-2-5-15(12-14)22(29)28(30)17-10-8-16(9-11-17)25-19-6-3-7-20-26-18(21(23)24)13-27(19)20/h2-7,12-13,16-17,21,25H,8-11H2,1H3/q+1/t16-,17+. The second kappa shape index (κ2) is 8.55. The van der Waals surface area contributed by atoms with E-state index in [4.69, 9.17) is 12.4 Å². The summed E-state index contributed by atoms with van der Waals surface area (Å²) in [5.74, 6) is 0.606. The fourth-order valence-corrected chi connectivity index (χ4v) is 4.30. The lowest BCUT2D eigenvalue weighted by atomic mass is 9.91. The molecule has 5 nitrogen and oxygen atoms in total. The molecule has 1 fully saturated rings. The van der Waals surface area contributed by atoms with Crippen molar-refractivity contribution in [3.8, 4) is 0 Å². The van der Waals surface area contributed by atoms with Gasteiger partial charge in [0.05, 0.1) is 5.56 Å². The Morgan fingerprint density at radius 2 is 1.93 bits per heavy atom. The van der Waals surface area contributed by atoms with Crippen molar-refractivity contribution >= 4 is 29.8 Å². The summed E-state index contributed by atoms with van der Waals surface area (Å²) < 4.78 is 29.1. The van der Waals surface area contributed by atoms with Crippen molar-refractivity contribution in [1.29, 1.82) is 0 Å². The Labute approximate surface area is 178 Å². The minimum absolute atomic E-state index is 0.0144. The summed E-state index contributed by atoms with van der Waals surface area (Å²) in [5, 5.41) is 3.44. The Bertz CT molecular complexity index is 1090. The van der Waals surface area contributed by atoms with Crippen molar-refractivity contribution in [2.24, 2.45) is 0 Å². The third-order valence-corrected chi connectivity index (χ3v) is 6.04. The quantitative estimate of drug-likeness (QED) is 0.587. The van der Waals surface area contributed by atoms with Gasteiger partial charge in [-0.05, 0) is 44.0 Å². The van der Waals surface area contributed by atoms with Gasteiger partial charge in [-0.3, -0.25) is 4.40 Å². The van der Waals surface area contributed by atoms with Gasteiger partial charge in [0.25, 0.3) is 18.9 Å². The number of amides is 1. The molecule has 0 spiro atoms. The van der Waals surface area contributed by atoms with Crippen molar-refractivity contribution in [2.75, 3.05) is 5.32 Å². The fraction of sp³-hybridized carbons (Fsp3) is 0.364. The number of aromatic nitrogens is 2.